The van der Waals surface area contributed by atoms with Crippen LogP contribution in [0, 0.1) is 5.92 Å². The van der Waals surface area contributed by atoms with Crippen molar-refractivity contribution in [1.29, 1.82) is 0 Å². The van der Waals surface area contributed by atoms with Crippen LogP contribution in [-0.2, 0) is 21.9 Å². The summed E-state index contributed by atoms with van der Waals surface area (Å²) in [6.45, 7) is 0.544. The number of hydrogen-bond acceptors (Lipinski definition) is 3. The normalized spacial score (nSPS) is 18.9. The molecule has 1 saturated heterocycles. The van der Waals surface area contributed by atoms with Crippen molar-refractivity contribution in [3.8, 4) is 0 Å². The summed E-state index contributed by atoms with van der Waals surface area (Å²) in [5.41, 5.74) is 0. The Bertz CT molecular complexity index is 541. The molecule has 100 valence electrons. The number of aliphatic carboxylic acids is 1. The fourth-order valence-electron chi connectivity index (χ4n) is 2.12. The molecule has 0 saturated carbocycles. The van der Waals surface area contributed by atoms with E-state index in [1.807, 2.05) is 0 Å². The number of carboxylic acid groups (broad SMARTS) is 1. The fraction of sp³-hybridized carbons (Fsp3) is 0.545. The number of rotatable bonds is 3. The third kappa shape index (κ3) is 2.41. The second kappa shape index (κ2) is 4.74. The number of hydrogen-bond donors (Lipinski definition) is 1. The summed E-state index contributed by atoms with van der Waals surface area (Å²) < 4.78 is 27.5. The van der Waals surface area contributed by atoms with Gasteiger partial charge in [-0.3, -0.25) is 4.79 Å². The summed E-state index contributed by atoms with van der Waals surface area (Å²) in [6.07, 6.45) is 3.98. The number of carboxylic acids is 1. The predicted octanol–water partition coefficient (Wildman–Crippen LogP) is 0.510. The van der Waals surface area contributed by atoms with E-state index < -0.39 is 21.9 Å². The molecule has 7 heteroatoms. The highest BCUT2D eigenvalue weighted by molar-refractivity contribution is 7.89. The average molecular weight is 272 g/mol. The largest absolute Gasteiger partial charge is 0.481 e. The van der Waals surface area contributed by atoms with Gasteiger partial charge in [0.1, 0.15) is 0 Å². The van der Waals surface area contributed by atoms with Crippen molar-refractivity contribution in [1.82, 2.24) is 8.87 Å². The lowest BCUT2D eigenvalue weighted by atomic mass is 9.99. The zero-order chi connectivity index (χ0) is 13.3. The molecule has 0 atom stereocenters. The molecule has 0 bridgehead atoms. The Balaban J connectivity index is 2.12. The number of aromatic nitrogens is 1. The van der Waals surface area contributed by atoms with Gasteiger partial charge < -0.3 is 9.67 Å². The smallest absolute Gasteiger partial charge is 0.306 e. The third-order valence-electron chi connectivity index (χ3n) is 3.25. The van der Waals surface area contributed by atoms with Crippen LogP contribution < -0.4 is 0 Å². The van der Waals surface area contributed by atoms with Crippen molar-refractivity contribution in [2.75, 3.05) is 13.1 Å². The number of nitrogens with zero attached hydrogens (tertiary/aromatic N) is 2. The average Bonchev–Trinajstić information content (AvgIpc) is 2.76. The first-order chi connectivity index (χ1) is 8.41. The highest BCUT2D eigenvalue weighted by Gasteiger charge is 2.32. The Morgan fingerprint density at radius 3 is 2.44 bits per heavy atom. The molecule has 18 heavy (non-hydrogen) atoms. The lowest BCUT2D eigenvalue weighted by molar-refractivity contribution is -0.142. The van der Waals surface area contributed by atoms with Gasteiger partial charge in [0.2, 0.25) is 10.0 Å². The lowest BCUT2D eigenvalue weighted by Crippen LogP contribution is -2.40. The maximum absolute atomic E-state index is 12.2. The fourth-order valence-corrected chi connectivity index (χ4v) is 3.64. The van der Waals surface area contributed by atoms with Gasteiger partial charge in [0, 0.05) is 32.5 Å². The number of aryl methyl sites for hydroxylation is 1. The van der Waals surface area contributed by atoms with E-state index in [1.165, 1.54) is 4.31 Å². The maximum atomic E-state index is 12.2. The Labute approximate surface area is 106 Å². The quantitative estimate of drug-likeness (QED) is 0.869. The predicted molar refractivity (Wildman–Crippen MR) is 64.5 cm³/mol. The molecule has 0 spiro atoms. The van der Waals surface area contributed by atoms with E-state index in [4.69, 9.17) is 5.11 Å². The van der Waals surface area contributed by atoms with E-state index in [2.05, 4.69) is 0 Å². The molecule has 1 N–H and O–H groups in total. The van der Waals surface area contributed by atoms with Crippen molar-refractivity contribution in [2.45, 2.75) is 17.7 Å². The molecule has 1 aromatic heterocycles. The van der Waals surface area contributed by atoms with E-state index >= 15 is 0 Å². The number of carbonyl (C=O) groups is 1. The molecule has 0 aromatic carbocycles. The first-order valence-electron chi connectivity index (χ1n) is 5.76. The molecular formula is C11H16N2O4S. The van der Waals surface area contributed by atoms with Gasteiger partial charge in [0.25, 0.3) is 0 Å². The molecule has 1 aliphatic heterocycles. The lowest BCUT2D eigenvalue weighted by Gasteiger charge is -2.28. The van der Waals surface area contributed by atoms with Crippen LogP contribution in [0.15, 0.2) is 23.4 Å². The summed E-state index contributed by atoms with van der Waals surface area (Å²) >= 11 is 0. The van der Waals surface area contributed by atoms with E-state index in [9.17, 15) is 13.2 Å². The van der Waals surface area contributed by atoms with Crippen LogP contribution in [0.3, 0.4) is 0 Å². The zero-order valence-electron chi connectivity index (χ0n) is 10.1. The molecule has 1 fully saturated rings. The van der Waals surface area contributed by atoms with Crippen molar-refractivity contribution in [3.63, 3.8) is 0 Å². The minimum atomic E-state index is -3.47. The second-order valence-electron chi connectivity index (χ2n) is 4.53. The maximum Gasteiger partial charge on any atom is 0.306 e. The van der Waals surface area contributed by atoms with Crippen molar-refractivity contribution in [3.05, 3.63) is 18.5 Å². The van der Waals surface area contributed by atoms with E-state index in [1.54, 1.807) is 30.1 Å². The van der Waals surface area contributed by atoms with Gasteiger partial charge in [0.15, 0.2) is 0 Å². The van der Waals surface area contributed by atoms with Crippen LogP contribution in [0.2, 0.25) is 0 Å². The zero-order valence-corrected chi connectivity index (χ0v) is 10.9. The SMILES string of the molecule is Cn1ccc(S(=O)(=O)N2CCC(C(=O)O)CC2)c1. The third-order valence-corrected chi connectivity index (χ3v) is 5.13. The van der Waals surface area contributed by atoms with E-state index in [-0.39, 0.29) is 18.0 Å². The molecule has 2 rings (SSSR count). The minimum absolute atomic E-state index is 0.263. The van der Waals surface area contributed by atoms with Crippen molar-refractivity contribution in [2.24, 2.45) is 13.0 Å². The first-order valence-corrected chi connectivity index (χ1v) is 7.20. The van der Waals surface area contributed by atoms with Gasteiger partial charge >= 0.3 is 5.97 Å². The molecular weight excluding hydrogens is 256 g/mol. The van der Waals surface area contributed by atoms with Gasteiger partial charge in [-0.05, 0) is 18.9 Å². The van der Waals surface area contributed by atoms with E-state index in [0.29, 0.717) is 12.8 Å². The first kappa shape index (κ1) is 13.1. The monoisotopic (exact) mass is 272 g/mol. The molecule has 0 amide bonds. The molecule has 1 aliphatic rings. The van der Waals surface area contributed by atoms with Gasteiger partial charge in [-0.2, -0.15) is 4.31 Å². The van der Waals surface area contributed by atoms with Crippen LogP contribution in [0.25, 0.3) is 0 Å². The second-order valence-corrected chi connectivity index (χ2v) is 6.47. The molecule has 2 heterocycles. The van der Waals surface area contributed by atoms with Crippen LogP contribution in [0.4, 0.5) is 0 Å². The summed E-state index contributed by atoms with van der Waals surface area (Å²) in [5, 5.41) is 8.88. The summed E-state index contributed by atoms with van der Waals surface area (Å²) in [6, 6.07) is 1.55. The topological polar surface area (TPSA) is 79.6 Å². The minimum Gasteiger partial charge on any atom is -0.481 e. The highest BCUT2D eigenvalue weighted by atomic mass is 32.2. The number of sulfonamides is 1. The van der Waals surface area contributed by atoms with Gasteiger partial charge in [0.05, 0.1) is 10.8 Å². The summed E-state index contributed by atoms with van der Waals surface area (Å²) in [7, 11) is -1.71. The molecule has 0 unspecified atom stereocenters. The van der Waals surface area contributed by atoms with Crippen LogP contribution in [0.5, 0.6) is 0 Å². The summed E-state index contributed by atoms with van der Waals surface area (Å²) in [5.74, 6) is -1.26. The van der Waals surface area contributed by atoms with Gasteiger partial charge in [-0.1, -0.05) is 0 Å². The summed E-state index contributed by atoms with van der Waals surface area (Å²) in [4.78, 5) is 11.1. The molecule has 1 aromatic rings. The molecule has 0 aliphatic carbocycles. The Morgan fingerprint density at radius 1 is 1.39 bits per heavy atom. The Kier molecular flexibility index (Phi) is 3.45. The van der Waals surface area contributed by atoms with Gasteiger partial charge in [-0.25, -0.2) is 8.42 Å². The Hall–Kier alpha value is -1.34. The van der Waals surface area contributed by atoms with Crippen molar-refractivity contribution < 1.29 is 18.3 Å². The Morgan fingerprint density at radius 2 is 2.00 bits per heavy atom. The number of piperidine rings is 1. The van der Waals surface area contributed by atoms with E-state index in [0.717, 1.165) is 0 Å². The van der Waals surface area contributed by atoms with Crippen LogP contribution >= 0.6 is 0 Å². The standard InChI is InChI=1S/C11H16N2O4S/c1-12-5-4-10(8-12)18(16,17)13-6-2-9(3-7-13)11(14)15/h4-5,8-9H,2-3,6-7H2,1H3,(H,14,15). The van der Waals surface area contributed by atoms with Crippen LogP contribution in [-0.4, -0.2) is 41.5 Å². The van der Waals surface area contributed by atoms with Crippen LogP contribution in [0.1, 0.15) is 12.8 Å². The molecule has 0 radical (unpaired) electrons. The van der Waals surface area contributed by atoms with Crippen molar-refractivity contribution >= 4 is 16.0 Å². The highest BCUT2D eigenvalue weighted by Crippen LogP contribution is 2.23. The molecule has 6 nitrogen and oxygen atoms in total. The van der Waals surface area contributed by atoms with Gasteiger partial charge in [-0.15, -0.1) is 0 Å².